The van der Waals surface area contributed by atoms with E-state index in [-0.39, 0.29) is 6.67 Å². The first-order valence-electron chi connectivity index (χ1n) is 14.4. The molecule has 3 aliphatic carbocycles. The van der Waals surface area contributed by atoms with Crippen LogP contribution < -0.4 is 0 Å². The average Bonchev–Trinajstić information content (AvgIpc) is 2.87. The second-order valence-electron chi connectivity index (χ2n) is 11.9. The number of hydrogen-bond acceptors (Lipinski definition) is 0. The minimum absolute atomic E-state index is 0.338. The summed E-state index contributed by atoms with van der Waals surface area (Å²) in [5, 5.41) is 0. The third-order valence-corrected chi connectivity index (χ3v) is 9.85. The molecule has 0 radical (unpaired) electrons. The van der Waals surface area contributed by atoms with Gasteiger partial charge in [-0.1, -0.05) is 89.0 Å². The Morgan fingerprint density at radius 2 is 1.09 bits per heavy atom. The van der Waals surface area contributed by atoms with Crippen molar-refractivity contribution < 1.29 is 4.39 Å². The molecule has 180 valence electrons. The van der Waals surface area contributed by atoms with Gasteiger partial charge in [-0.3, -0.25) is 0 Å². The van der Waals surface area contributed by atoms with Gasteiger partial charge in [-0.2, -0.15) is 0 Å². The van der Waals surface area contributed by atoms with Gasteiger partial charge in [-0.05, 0) is 98.0 Å². The minimum Gasteiger partial charge on any atom is -0.246 e. The molecule has 0 spiro atoms. The van der Waals surface area contributed by atoms with E-state index >= 15 is 0 Å². The lowest BCUT2D eigenvalue weighted by molar-refractivity contribution is 0.136. The van der Waals surface area contributed by atoms with Crippen LogP contribution in [0.2, 0.25) is 0 Å². The Kier molecular flexibility index (Phi) is 9.54. The summed E-state index contributed by atoms with van der Waals surface area (Å²) in [7, 11) is 0. The highest BCUT2D eigenvalue weighted by molar-refractivity contribution is 5.25. The number of rotatable bonds is 9. The quantitative estimate of drug-likeness (QED) is 0.358. The van der Waals surface area contributed by atoms with Gasteiger partial charge >= 0.3 is 0 Å². The molecule has 3 aliphatic rings. The molecule has 1 heteroatoms. The number of alkyl halides is 1. The highest BCUT2D eigenvalue weighted by Crippen LogP contribution is 2.44. The van der Waals surface area contributed by atoms with Crippen molar-refractivity contribution in [1.29, 1.82) is 0 Å². The fraction of sp³-hybridized carbons (Fsp3) is 0.806. The summed E-state index contributed by atoms with van der Waals surface area (Å²) in [6.07, 6.45) is 25.1. The molecule has 0 N–H and O–H groups in total. The van der Waals surface area contributed by atoms with Crippen molar-refractivity contribution in [3.8, 4) is 0 Å². The highest BCUT2D eigenvalue weighted by Gasteiger charge is 2.31. The van der Waals surface area contributed by atoms with Crippen molar-refractivity contribution in [2.24, 2.45) is 29.6 Å². The van der Waals surface area contributed by atoms with E-state index in [1.807, 2.05) is 12.1 Å². The molecular formula is C31H49F. The SMILES string of the molecule is CCCC[C@H]1CC[C@H]([C@H]2CC[C@H](CC[C@H]3CC[C@H](c4ccc(CF)cc4)CC3)CC2)CC1. The fourth-order valence-electron chi connectivity index (χ4n) is 7.52. The Bertz CT molecular complexity index is 625. The Morgan fingerprint density at radius 3 is 1.56 bits per heavy atom. The lowest BCUT2D eigenvalue weighted by Crippen LogP contribution is -2.26. The van der Waals surface area contributed by atoms with E-state index in [1.54, 1.807) is 12.8 Å². The molecule has 0 unspecified atom stereocenters. The minimum atomic E-state index is -0.338. The van der Waals surface area contributed by atoms with Gasteiger partial charge in [0.25, 0.3) is 0 Å². The van der Waals surface area contributed by atoms with Gasteiger partial charge in [0, 0.05) is 0 Å². The lowest BCUT2D eigenvalue weighted by atomic mass is 9.68. The van der Waals surface area contributed by atoms with Crippen molar-refractivity contribution >= 4 is 0 Å². The molecular weight excluding hydrogens is 391 g/mol. The predicted octanol–water partition coefficient (Wildman–Crippen LogP) is 10.0. The fourth-order valence-corrected chi connectivity index (χ4v) is 7.52. The van der Waals surface area contributed by atoms with E-state index in [0.717, 1.165) is 35.2 Å². The molecule has 4 rings (SSSR count). The molecule has 0 atom stereocenters. The van der Waals surface area contributed by atoms with E-state index in [9.17, 15) is 4.39 Å². The molecule has 0 nitrogen and oxygen atoms in total. The number of benzene rings is 1. The van der Waals surface area contributed by atoms with Gasteiger partial charge in [0.15, 0.2) is 0 Å². The predicted molar refractivity (Wildman–Crippen MR) is 136 cm³/mol. The standard InChI is InChI=1S/C31H49F/c1-2-3-4-24-7-15-28(16-8-24)29-17-9-25(10-18-29)5-6-26-11-19-30(20-12-26)31-21-13-27(23-32)14-22-31/h13-14,21-22,24-26,28-30H,2-12,15-20,23H2,1H3/t24-,25-,26-,28-,29-,30-. The van der Waals surface area contributed by atoms with Crippen molar-refractivity contribution in [3.63, 3.8) is 0 Å². The van der Waals surface area contributed by atoms with Crippen LogP contribution in [0.25, 0.3) is 0 Å². The molecule has 0 saturated heterocycles. The Morgan fingerprint density at radius 1 is 0.625 bits per heavy atom. The summed E-state index contributed by atoms with van der Waals surface area (Å²) in [5.41, 5.74) is 2.26. The smallest absolute Gasteiger partial charge is 0.115 e. The summed E-state index contributed by atoms with van der Waals surface area (Å²) in [5.74, 6) is 5.91. The van der Waals surface area contributed by atoms with Crippen LogP contribution in [0.15, 0.2) is 24.3 Å². The van der Waals surface area contributed by atoms with Gasteiger partial charge in [-0.25, -0.2) is 4.39 Å². The number of halogens is 1. The van der Waals surface area contributed by atoms with E-state index in [2.05, 4.69) is 19.1 Å². The van der Waals surface area contributed by atoms with Crippen LogP contribution >= 0.6 is 0 Å². The summed E-state index contributed by atoms with van der Waals surface area (Å²) in [6, 6.07) is 8.32. The molecule has 32 heavy (non-hydrogen) atoms. The lowest BCUT2D eigenvalue weighted by Gasteiger charge is -2.38. The van der Waals surface area contributed by atoms with Crippen molar-refractivity contribution in [3.05, 3.63) is 35.4 Å². The third-order valence-electron chi connectivity index (χ3n) is 9.85. The molecule has 3 fully saturated rings. The molecule has 1 aromatic rings. The van der Waals surface area contributed by atoms with Crippen LogP contribution in [0, 0.1) is 29.6 Å². The molecule has 0 aromatic heterocycles. The molecule has 0 heterocycles. The molecule has 0 amide bonds. The topological polar surface area (TPSA) is 0 Å². The van der Waals surface area contributed by atoms with Crippen molar-refractivity contribution in [2.45, 2.75) is 129 Å². The molecule has 3 saturated carbocycles. The van der Waals surface area contributed by atoms with Crippen LogP contribution in [-0.2, 0) is 6.67 Å². The van der Waals surface area contributed by atoms with Crippen LogP contribution in [0.5, 0.6) is 0 Å². The maximum Gasteiger partial charge on any atom is 0.115 e. The maximum absolute atomic E-state index is 12.8. The zero-order valence-corrected chi connectivity index (χ0v) is 20.9. The Hall–Kier alpha value is -0.850. The monoisotopic (exact) mass is 440 g/mol. The third kappa shape index (κ3) is 6.83. The summed E-state index contributed by atoms with van der Waals surface area (Å²) in [4.78, 5) is 0. The largest absolute Gasteiger partial charge is 0.246 e. The zero-order valence-electron chi connectivity index (χ0n) is 20.9. The van der Waals surface area contributed by atoms with Crippen LogP contribution in [0.4, 0.5) is 4.39 Å². The van der Waals surface area contributed by atoms with Crippen LogP contribution in [0.3, 0.4) is 0 Å². The first kappa shape index (κ1) is 24.3. The van der Waals surface area contributed by atoms with Crippen molar-refractivity contribution in [2.75, 3.05) is 0 Å². The van der Waals surface area contributed by atoms with E-state index in [4.69, 9.17) is 0 Å². The van der Waals surface area contributed by atoms with E-state index in [0.29, 0.717) is 5.92 Å². The van der Waals surface area contributed by atoms with Gasteiger partial charge in [0.05, 0.1) is 0 Å². The normalized spacial score (nSPS) is 33.8. The Labute approximate surface area is 198 Å². The molecule has 1 aromatic carbocycles. The van der Waals surface area contributed by atoms with Crippen molar-refractivity contribution in [1.82, 2.24) is 0 Å². The van der Waals surface area contributed by atoms with Gasteiger partial charge in [-0.15, -0.1) is 0 Å². The van der Waals surface area contributed by atoms with Crippen LogP contribution in [-0.4, -0.2) is 0 Å². The van der Waals surface area contributed by atoms with Crippen LogP contribution in [0.1, 0.15) is 133 Å². The summed E-state index contributed by atoms with van der Waals surface area (Å²) >= 11 is 0. The summed E-state index contributed by atoms with van der Waals surface area (Å²) < 4.78 is 12.8. The van der Waals surface area contributed by atoms with E-state index < -0.39 is 0 Å². The molecule has 0 bridgehead atoms. The zero-order chi connectivity index (χ0) is 22.2. The maximum atomic E-state index is 12.8. The van der Waals surface area contributed by atoms with Gasteiger partial charge in [0.2, 0.25) is 0 Å². The van der Waals surface area contributed by atoms with Gasteiger partial charge < -0.3 is 0 Å². The van der Waals surface area contributed by atoms with Gasteiger partial charge in [0.1, 0.15) is 6.67 Å². The highest BCUT2D eigenvalue weighted by atomic mass is 19.1. The molecule has 0 aliphatic heterocycles. The number of unbranched alkanes of at least 4 members (excludes halogenated alkanes) is 1. The second kappa shape index (κ2) is 12.6. The first-order valence-corrected chi connectivity index (χ1v) is 14.4. The Balaban J connectivity index is 1.10. The first-order chi connectivity index (χ1) is 15.7. The second-order valence-corrected chi connectivity index (χ2v) is 11.9. The summed E-state index contributed by atoms with van der Waals surface area (Å²) in [6.45, 7) is 2.00. The number of hydrogen-bond donors (Lipinski definition) is 0. The average molecular weight is 441 g/mol. The van der Waals surface area contributed by atoms with E-state index in [1.165, 1.54) is 102 Å².